The van der Waals surface area contributed by atoms with Gasteiger partial charge >= 0.3 is 0 Å². The highest BCUT2D eigenvalue weighted by Gasteiger charge is 2.10. The molecule has 0 radical (unpaired) electrons. The van der Waals surface area contributed by atoms with Crippen LogP contribution in [0.4, 0.5) is 10.1 Å². The summed E-state index contributed by atoms with van der Waals surface area (Å²) in [6, 6.07) is 10.9. The van der Waals surface area contributed by atoms with Gasteiger partial charge in [0, 0.05) is 21.2 Å². The predicted octanol–water partition coefficient (Wildman–Crippen LogP) is 5.72. The van der Waals surface area contributed by atoms with Gasteiger partial charge in [0.2, 0.25) is 0 Å². The van der Waals surface area contributed by atoms with Gasteiger partial charge in [-0.25, -0.2) is 4.39 Å². The Balaban J connectivity index is 2.20. The summed E-state index contributed by atoms with van der Waals surface area (Å²) >= 11 is 9.58. The zero-order valence-electron chi connectivity index (χ0n) is 10.7. The summed E-state index contributed by atoms with van der Waals surface area (Å²) < 4.78 is 14.4. The molecule has 0 saturated carbocycles. The molecule has 0 amide bonds. The van der Waals surface area contributed by atoms with Gasteiger partial charge in [-0.15, -0.1) is 0 Å². The predicted molar refractivity (Wildman–Crippen MR) is 82.3 cm³/mol. The minimum Gasteiger partial charge on any atom is -0.378 e. The number of rotatable bonds is 3. The Morgan fingerprint density at radius 2 is 1.95 bits per heavy atom. The van der Waals surface area contributed by atoms with Gasteiger partial charge in [0.25, 0.3) is 0 Å². The molecule has 0 spiro atoms. The summed E-state index contributed by atoms with van der Waals surface area (Å²) in [7, 11) is 0. The van der Waals surface area contributed by atoms with Crippen molar-refractivity contribution in [2.24, 2.45) is 0 Å². The zero-order valence-corrected chi connectivity index (χ0v) is 13.0. The molecule has 2 aromatic rings. The SMILES string of the molecule is Cc1ccc(NC(C)c2ccc(Br)cc2Cl)cc1F. The molecule has 0 heterocycles. The standard InChI is InChI=1S/C15H14BrClFN/c1-9-3-5-12(8-15(9)18)19-10(2)13-6-4-11(16)7-14(13)17/h3-8,10,19H,1-2H3. The minimum absolute atomic E-state index is 0.00251. The van der Waals surface area contributed by atoms with Crippen LogP contribution in [0.5, 0.6) is 0 Å². The van der Waals surface area contributed by atoms with Crippen molar-refractivity contribution in [3.63, 3.8) is 0 Å². The quantitative estimate of drug-likeness (QED) is 0.752. The van der Waals surface area contributed by atoms with Gasteiger partial charge < -0.3 is 5.32 Å². The van der Waals surface area contributed by atoms with Crippen LogP contribution < -0.4 is 5.32 Å². The van der Waals surface area contributed by atoms with Crippen LogP contribution in [0.1, 0.15) is 24.1 Å². The van der Waals surface area contributed by atoms with Crippen LogP contribution in [-0.2, 0) is 0 Å². The fourth-order valence-corrected chi connectivity index (χ4v) is 2.70. The van der Waals surface area contributed by atoms with Gasteiger partial charge in [0.1, 0.15) is 5.82 Å². The highest BCUT2D eigenvalue weighted by atomic mass is 79.9. The molecule has 0 aliphatic heterocycles. The van der Waals surface area contributed by atoms with Crippen molar-refractivity contribution in [1.82, 2.24) is 0 Å². The van der Waals surface area contributed by atoms with E-state index in [9.17, 15) is 4.39 Å². The highest BCUT2D eigenvalue weighted by Crippen LogP contribution is 2.28. The summed E-state index contributed by atoms with van der Waals surface area (Å²) in [5.74, 6) is -0.209. The Bertz CT molecular complexity index is 601. The minimum atomic E-state index is -0.209. The van der Waals surface area contributed by atoms with Crippen LogP contribution in [0.2, 0.25) is 5.02 Å². The molecular weight excluding hydrogens is 329 g/mol. The van der Waals surface area contributed by atoms with E-state index in [4.69, 9.17) is 11.6 Å². The van der Waals surface area contributed by atoms with E-state index >= 15 is 0 Å². The second kappa shape index (κ2) is 5.93. The molecule has 0 fully saturated rings. The Labute approximate surface area is 125 Å². The van der Waals surface area contributed by atoms with Crippen molar-refractivity contribution in [3.8, 4) is 0 Å². The molecule has 0 aliphatic rings. The van der Waals surface area contributed by atoms with Crippen LogP contribution >= 0.6 is 27.5 Å². The monoisotopic (exact) mass is 341 g/mol. The maximum absolute atomic E-state index is 13.5. The van der Waals surface area contributed by atoms with Crippen LogP contribution in [0.3, 0.4) is 0 Å². The number of aryl methyl sites for hydroxylation is 1. The number of hydrogen-bond acceptors (Lipinski definition) is 1. The lowest BCUT2D eigenvalue weighted by atomic mass is 10.1. The van der Waals surface area contributed by atoms with Crippen LogP contribution in [0, 0.1) is 12.7 Å². The first-order valence-corrected chi connectivity index (χ1v) is 7.12. The fraction of sp³-hybridized carbons (Fsp3) is 0.200. The van der Waals surface area contributed by atoms with Crippen molar-refractivity contribution < 1.29 is 4.39 Å². The van der Waals surface area contributed by atoms with Gasteiger partial charge in [0.05, 0.1) is 0 Å². The maximum Gasteiger partial charge on any atom is 0.128 e. The molecule has 2 aromatic carbocycles. The second-order valence-corrected chi connectivity index (χ2v) is 5.82. The molecule has 1 N–H and O–H groups in total. The zero-order chi connectivity index (χ0) is 14.0. The van der Waals surface area contributed by atoms with E-state index in [0.29, 0.717) is 10.6 Å². The number of halogens is 3. The normalized spacial score (nSPS) is 12.3. The molecule has 2 rings (SSSR count). The van der Waals surface area contributed by atoms with Crippen LogP contribution in [0.25, 0.3) is 0 Å². The topological polar surface area (TPSA) is 12.0 Å². The first kappa shape index (κ1) is 14.4. The number of hydrogen-bond donors (Lipinski definition) is 1. The Morgan fingerprint density at radius 1 is 1.21 bits per heavy atom. The van der Waals surface area contributed by atoms with Gasteiger partial charge in [-0.2, -0.15) is 0 Å². The van der Waals surface area contributed by atoms with Crippen molar-refractivity contribution >= 4 is 33.2 Å². The summed E-state index contributed by atoms with van der Waals surface area (Å²) in [6.07, 6.45) is 0. The molecule has 1 nitrogen and oxygen atoms in total. The van der Waals surface area contributed by atoms with Gasteiger partial charge in [-0.05, 0) is 49.2 Å². The van der Waals surface area contributed by atoms with E-state index in [1.165, 1.54) is 6.07 Å². The van der Waals surface area contributed by atoms with E-state index in [1.807, 2.05) is 31.2 Å². The van der Waals surface area contributed by atoms with Crippen molar-refractivity contribution in [3.05, 3.63) is 62.8 Å². The summed E-state index contributed by atoms with van der Waals surface area (Å²) in [6.45, 7) is 3.74. The molecular formula is C15H14BrClFN. The molecule has 1 atom stereocenters. The van der Waals surface area contributed by atoms with Crippen molar-refractivity contribution in [2.45, 2.75) is 19.9 Å². The summed E-state index contributed by atoms with van der Waals surface area (Å²) in [5.41, 5.74) is 2.36. The van der Waals surface area contributed by atoms with E-state index < -0.39 is 0 Å². The molecule has 0 aliphatic carbocycles. The van der Waals surface area contributed by atoms with Crippen LogP contribution in [-0.4, -0.2) is 0 Å². The van der Waals surface area contributed by atoms with E-state index in [0.717, 1.165) is 15.7 Å². The fourth-order valence-electron chi connectivity index (χ4n) is 1.86. The lowest BCUT2D eigenvalue weighted by Gasteiger charge is -2.17. The number of anilines is 1. The van der Waals surface area contributed by atoms with Gasteiger partial charge in [-0.1, -0.05) is 39.7 Å². The Hall–Kier alpha value is -1.06. The molecule has 0 saturated heterocycles. The van der Waals surface area contributed by atoms with E-state index in [1.54, 1.807) is 13.0 Å². The third-order valence-corrected chi connectivity index (χ3v) is 3.80. The average molecular weight is 343 g/mol. The Kier molecular flexibility index (Phi) is 4.48. The first-order chi connectivity index (χ1) is 8.97. The number of nitrogens with one attached hydrogen (secondary N) is 1. The van der Waals surface area contributed by atoms with Gasteiger partial charge in [-0.3, -0.25) is 0 Å². The van der Waals surface area contributed by atoms with Gasteiger partial charge in [0.15, 0.2) is 0 Å². The summed E-state index contributed by atoms with van der Waals surface area (Å²) in [5, 5.41) is 3.93. The number of benzene rings is 2. The molecule has 0 aromatic heterocycles. The van der Waals surface area contributed by atoms with E-state index in [2.05, 4.69) is 21.2 Å². The smallest absolute Gasteiger partial charge is 0.128 e. The van der Waals surface area contributed by atoms with Crippen molar-refractivity contribution in [1.29, 1.82) is 0 Å². The van der Waals surface area contributed by atoms with E-state index in [-0.39, 0.29) is 11.9 Å². The molecule has 19 heavy (non-hydrogen) atoms. The van der Waals surface area contributed by atoms with Crippen molar-refractivity contribution in [2.75, 3.05) is 5.32 Å². The second-order valence-electron chi connectivity index (χ2n) is 4.50. The third kappa shape index (κ3) is 3.48. The third-order valence-electron chi connectivity index (χ3n) is 2.98. The average Bonchev–Trinajstić information content (AvgIpc) is 2.33. The molecule has 100 valence electrons. The maximum atomic E-state index is 13.5. The largest absolute Gasteiger partial charge is 0.378 e. The highest BCUT2D eigenvalue weighted by molar-refractivity contribution is 9.10. The Morgan fingerprint density at radius 3 is 2.58 bits per heavy atom. The molecule has 0 bridgehead atoms. The lowest BCUT2D eigenvalue weighted by molar-refractivity contribution is 0.618. The summed E-state index contributed by atoms with van der Waals surface area (Å²) in [4.78, 5) is 0. The van der Waals surface area contributed by atoms with Crippen LogP contribution in [0.15, 0.2) is 40.9 Å². The molecule has 1 unspecified atom stereocenters. The lowest BCUT2D eigenvalue weighted by Crippen LogP contribution is -2.07. The molecule has 4 heteroatoms. The first-order valence-electron chi connectivity index (χ1n) is 5.95.